The topological polar surface area (TPSA) is 53.1 Å². The zero-order valence-electron chi connectivity index (χ0n) is 21.5. The van der Waals surface area contributed by atoms with Crippen LogP contribution < -0.4 is 4.90 Å². The van der Waals surface area contributed by atoms with Crippen LogP contribution in [0.3, 0.4) is 0 Å². The lowest BCUT2D eigenvalue weighted by Gasteiger charge is -2.37. The number of piperazine rings is 1. The van der Waals surface area contributed by atoms with E-state index in [1.54, 1.807) is 11.8 Å². The number of anilines is 1. The number of benzene rings is 3. The molecule has 0 unspecified atom stereocenters. The molecule has 3 aromatic carbocycles. The maximum atomic E-state index is 12.9. The molecule has 1 fully saturated rings. The summed E-state index contributed by atoms with van der Waals surface area (Å²) in [4.78, 5) is 31.3. The normalized spacial score (nSPS) is 15.8. The van der Waals surface area contributed by atoms with Crippen LogP contribution in [0.15, 0.2) is 78.9 Å². The molecule has 6 heteroatoms. The Kier molecular flexibility index (Phi) is 7.85. The van der Waals surface area contributed by atoms with Crippen molar-refractivity contribution in [3.63, 3.8) is 0 Å². The fourth-order valence-corrected chi connectivity index (χ4v) is 5.47. The van der Waals surface area contributed by atoms with Crippen molar-refractivity contribution in [3.8, 4) is 0 Å². The monoisotopic (exact) mass is 497 g/mol. The van der Waals surface area contributed by atoms with Crippen LogP contribution in [0.1, 0.15) is 46.3 Å². The Balaban J connectivity index is 1.18. The molecule has 0 saturated carbocycles. The minimum absolute atomic E-state index is 0.00230. The maximum Gasteiger partial charge on any atom is 0.325 e. The van der Waals surface area contributed by atoms with Gasteiger partial charge in [-0.25, -0.2) is 0 Å². The summed E-state index contributed by atoms with van der Waals surface area (Å²) in [5, 5.41) is 0. The highest BCUT2D eigenvalue weighted by molar-refractivity contribution is 6.00. The first kappa shape index (κ1) is 25.0. The van der Waals surface area contributed by atoms with Gasteiger partial charge in [-0.2, -0.15) is 0 Å². The van der Waals surface area contributed by atoms with Crippen LogP contribution in [-0.2, 0) is 16.1 Å². The number of hydrogen-bond acceptors (Lipinski definition) is 5. The van der Waals surface area contributed by atoms with Gasteiger partial charge in [0.15, 0.2) is 0 Å². The first-order valence-corrected chi connectivity index (χ1v) is 13.3. The highest BCUT2D eigenvalue weighted by Gasteiger charge is 2.30. The molecule has 0 bridgehead atoms. The van der Waals surface area contributed by atoms with Gasteiger partial charge in [0, 0.05) is 49.9 Å². The first-order valence-electron chi connectivity index (χ1n) is 13.3. The number of hydrogen-bond donors (Lipinski definition) is 0. The molecular formula is C31H35N3O3. The average Bonchev–Trinajstić information content (AvgIpc) is 3.24. The average molecular weight is 498 g/mol. The van der Waals surface area contributed by atoms with Crippen molar-refractivity contribution in [3.05, 3.63) is 101 Å². The van der Waals surface area contributed by atoms with Gasteiger partial charge in [-0.15, -0.1) is 0 Å². The van der Waals surface area contributed by atoms with Crippen molar-refractivity contribution in [1.29, 1.82) is 0 Å². The van der Waals surface area contributed by atoms with Crippen LogP contribution in [-0.4, -0.2) is 67.6 Å². The summed E-state index contributed by atoms with van der Waals surface area (Å²) >= 11 is 0. The Morgan fingerprint density at radius 2 is 1.54 bits per heavy atom. The summed E-state index contributed by atoms with van der Waals surface area (Å²) in [6.07, 6.45) is 1.08. The fraction of sp³-hybridized carbons (Fsp3) is 0.355. The zero-order valence-corrected chi connectivity index (χ0v) is 21.5. The zero-order chi connectivity index (χ0) is 25.6. The van der Waals surface area contributed by atoms with Crippen LogP contribution in [0.25, 0.3) is 0 Å². The molecule has 0 radical (unpaired) electrons. The highest BCUT2D eigenvalue weighted by atomic mass is 16.5. The lowest BCUT2D eigenvalue weighted by Crippen LogP contribution is -2.46. The second kappa shape index (κ2) is 11.6. The van der Waals surface area contributed by atoms with E-state index in [4.69, 9.17) is 4.74 Å². The summed E-state index contributed by atoms with van der Waals surface area (Å²) in [7, 11) is 0. The number of fused-ring (bicyclic) bond motifs is 1. The third-order valence-electron chi connectivity index (χ3n) is 7.47. The maximum absolute atomic E-state index is 12.9. The third-order valence-corrected chi connectivity index (χ3v) is 7.47. The molecule has 1 amide bonds. The molecule has 1 saturated heterocycles. The number of ether oxygens (including phenoxy) is 1. The summed E-state index contributed by atoms with van der Waals surface area (Å²) in [5.41, 5.74) is 5.50. The van der Waals surface area contributed by atoms with Crippen LogP contribution in [0.4, 0.5) is 5.69 Å². The van der Waals surface area contributed by atoms with E-state index in [9.17, 15) is 9.59 Å². The van der Waals surface area contributed by atoms with Gasteiger partial charge in [0.25, 0.3) is 5.91 Å². The molecular weight excluding hydrogens is 462 g/mol. The Bertz CT molecular complexity index is 1170. The van der Waals surface area contributed by atoms with Gasteiger partial charge in [0.2, 0.25) is 0 Å². The second-order valence-electron chi connectivity index (χ2n) is 9.80. The first-order chi connectivity index (χ1) is 18.1. The number of carbonyl (C=O) groups is 2. The van der Waals surface area contributed by atoms with Crippen LogP contribution in [0.5, 0.6) is 0 Å². The molecule has 0 spiro atoms. The Morgan fingerprint density at radius 3 is 2.16 bits per heavy atom. The number of amides is 1. The van der Waals surface area contributed by atoms with Crippen molar-refractivity contribution in [1.82, 2.24) is 9.80 Å². The lowest BCUT2D eigenvalue weighted by molar-refractivity contribution is -0.143. The van der Waals surface area contributed by atoms with Gasteiger partial charge >= 0.3 is 5.97 Å². The minimum Gasteiger partial charge on any atom is -0.465 e. The van der Waals surface area contributed by atoms with E-state index in [1.165, 1.54) is 11.1 Å². The number of carbonyl (C=O) groups excluding carboxylic acids is 2. The molecule has 5 rings (SSSR count). The number of nitrogens with zero attached hydrogens (tertiary/aromatic N) is 3. The van der Waals surface area contributed by atoms with Crippen LogP contribution >= 0.6 is 0 Å². The Morgan fingerprint density at radius 1 is 0.892 bits per heavy atom. The van der Waals surface area contributed by atoms with Gasteiger partial charge in [0.1, 0.15) is 6.54 Å². The molecule has 6 nitrogen and oxygen atoms in total. The summed E-state index contributed by atoms with van der Waals surface area (Å²) in [6, 6.07) is 27.7. The molecule has 0 aliphatic carbocycles. The molecule has 192 valence electrons. The van der Waals surface area contributed by atoms with E-state index in [0.717, 1.165) is 50.4 Å². The van der Waals surface area contributed by atoms with Crippen LogP contribution in [0.2, 0.25) is 0 Å². The number of rotatable bonds is 9. The van der Waals surface area contributed by atoms with Gasteiger partial charge in [0.05, 0.1) is 6.61 Å². The molecule has 0 aromatic heterocycles. The van der Waals surface area contributed by atoms with Gasteiger partial charge in [-0.3, -0.25) is 14.5 Å². The largest absolute Gasteiger partial charge is 0.465 e. The molecule has 3 aromatic rings. The van der Waals surface area contributed by atoms with Crippen molar-refractivity contribution in [2.75, 3.05) is 50.8 Å². The quantitative estimate of drug-likeness (QED) is 0.406. The lowest BCUT2D eigenvalue weighted by atomic mass is 9.88. The Labute approximate surface area is 219 Å². The van der Waals surface area contributed by atoms with E-state index in [2.05, 4.69) is 76.5 Å². The van der Waals surface area contributed by atoms with Crippen molar-refractivity contribution >= 4 is 17.6 Å². The smallest absolute Gasteiger partial charge is 0.325 e. The van der Waals surface area contributed by atoms with Gasteiger partial charge in [-0.05, 0) is 48.7 Å². The molecule has 2 aliphatic rings. The molecule has 2 aliphatic heterocycles. The Hall–Kier alpha value is -3.64. The van der Waals surface area contributed by atoms with Crippen molar-refractivity contribution < 1.29 is 14.3 Å². The summed E-state index contributed by atoms with van der Waals surface area (Å²) in [6.45, 7) is 7.47. The summed E-state index contributed by atoms with van der Waals surface area (Å²) < 4.78 is 5.02. The number of esters is 1. The molecule has 0 atom stereocenters. The van der Waals surface area contributed by atoms with E-state index in [1.807, 2.05) is 12.1 Å². The SMILES string of the molecule is CCOC(=O)CN1Cc2ccc(N3CCN(CCC(c4ccccc4)c4ccccc4)CC3)cc2C1=O. The van der Waals surface area contributed by atoms with E-state index >= 15 is 0 Å². The van der Waals surface area contributed by atoms with Crippen LogP contribution in [0, 0.1) is 0 Å². The van der Waals surface area contributed by atoms with E-state index in [-0.39, 0.29) is 18.4 Å². The predicted molar refractivity (Wildman–Crippen MR) is 146 cm³/mol. The van der Waals surface area contributed by atoms with Gasteiger partial charge in [-0.1, -0.05) is 66.7 Å². The van der Waals surface area contributed by atoms with Gasteiger partial charge < -0.3 is 14.5 Å². The molecule has 2 heterocycles. The molecule has 37 heavy (non-hydrogen) atoms. The highest BCUT2D eigenvalue weighted by Crippen LogP contribution is 2.30. The molecule has 0 N–H and O–H groups in total. The van der Waals surface area contributed by atoms with E-state index < -0.39 is 0 Å². The van der Waals surface area contributed by atoms with Crippen molar-refractivity contribution in [2.45, 2.75) is 25.8 Å². The fourth-order valence-electron chi connectivity index (χ4n) is 5.47. The summed E-state index contributed by atoms with van der Waals surface area (Å²) in [5.74, 6) is -0.0566. The minimum atomic E-state index is -0.359. The van der Waals surface area contributed by atoms with E-state index in [0.29, 0.717) is 24.6 Å². The third kappa shape index (κ3) is 5.86. The second-order valence-corrected chi connectivity index (χ2v) is 9.80. The van der Waals surface area contributed by atoms with Crippen molar-refractivity contribution in [2.24, 2.45) is 0 Å². The predicted octanol–water partition coefficient (Wildman–Crippen LogP) is 4.55. The standard InChI is InChI=1S/C31H35N3O3/c1-2-37-30(35)23-34-22-26-13-14-27(21-29(26)31(34)36)33-19-17-32(18-20-33)16-15-28(24-9-5-3-6-10-24)25-11-7-4-8-12-25/h3-14,21,28H,2,15-20,22-23H2,1H3.